The molecule has 40 heavy (non-hydrogen) atoms. The number of nitrogens with one attached hydrogen (secondary N) is 3. The highest BCUT2D eigenvalue weighted by molar-refractivity contribution is 7.90. The molecule has 5 rings (SSSR count). The summed E-state index contributed by atoms with van der Waals surface area (Å²) in [5.74, 6) is -1.89. The van der Waals surface area contributed by atoms with Gasteiger partial charge in [0.1, 0.15) is 22.8 Å². The maximum absolute atomic E-state index is 15.8. The molecule has 3 aromatic rings. The number of hydrogen-bond donors (Lipinski definition) is 3. The third-order valence-corrected chi connectivity index (χ3v) is 9.16. The molecule has 2 saturated heterocycles. The SMILES string of the molecule is CCN(C)S(=O)(=O)Nc1ccc(F)c(Nc2ccc3ncn(C4COC5(CCNCC5)C4)c(=O)c3c2F)c1C#N. The van der Waals surface area contributed by atoms with E-state index in [1.54, 1.807) is 13.0 Å². The maximum atomic E-state index is 15.8. The second-order valence-corrected chi connectivity index (χ2v) is 11.8. The molecule has 14 heteroatoms. The van der Waals surface area contributed by atoms with Crippen molar-refractivity contribution in [3.63, 3.8) is 0 Å². The van der Waals surface area contributed by atoms with Gasteiger partial charge in [-0.25, -0.2) is 13.8 Å². The molecule has 2 aromatic carbocycles. The zero-order valence-electron chi connectivity index (χ0n) is 22.0. The topological polar surface area (TPSA) is 141 Å². The van der Waals surface area contributed by atoms with Gasteiger partial charge in [0.05, 0.1) is 47.2 Å². The summed E-state index contributed by atoms with van der Waals surface area (Å²) in [5, 5.41) is 15.3. The van der Waals surface area contributed by atoms with Crippen LogP contribution in [0.15, 0.2) is 35.4 Å². The van der Waals surface area contributed by atoms with E-state index in [2.05, 4.69) is 20.3 Å². The number of nitriles is 1. The highest BCUT2D eigenvalue weighted by Gasteiger charge is 2.42. The maximum Gasteiger partial charge on any atom is 0.301 e. The van der Waals surface area contributed by atoms with Gasteiger partial charge in [0.25, 0.3) is 5.56 Å². The molecule has 0 bridgehead atoms. The molecule has 0 saturated carbocycles. The van der Waals surface area contributed by atoms with Crippen LogP contribution in [0.25, 0.3) is 10.9 Å². The van der Waals surface area contributed by atoms with Gasteiger partial charge in [0.2, 0.25) is 0 Å². The molecule has 11 nitrogen and oxygen atoms in total. The van der Waals surface area contributed by atoms with Gasteiger partial charge in [0, 0.05) is 13.6 Å². The zero-order chi connectivity index (χ0) is 28.7. The Hall–Kier alpha value is -3.64. The summed E-state index contributed by atoms with van der Waals surface area (Å²) in [7, 11) is -2.68. The second-order valence-electron chi connectivity index (χ2n) is 9.98. The quantitative estimate of drug-likeness (QED) is 0.392. The minimum absolute atomic E-state index is 0.116. The average molecular weight is 574 g/mol. The summed E-state index contributed by atoms with van der Waals surface area (Å²) in [6.07, 6.45) is 3.63. The van der Waals surface area contributed by atoms with Crippen molar-refractivity contribution in [2.75, 3.05) is 43.3 Å². The number of benzene rings is 2. The molecule has 1 unspecified atom stereocenters. The monoisotopic (exact) mass is 573 g/mol. The van der Waals surface area contributed by atoms with Crippen LogP contribution in [0, 0.1) is 23.0 Å². The summed E-state index contributed by atoms with van der Waals surface area (Å²) < 4.78 is 66.5. The zero-order valence-corrected chi connectivity index (χ0v) is 22.8. The van der Waals surface area contributed by atoms with Gasteiger partial charge in [-0.15, -0.1) is 0 Å². The summed E-state index contributed by atoms with van der Waals surface area (Å²) >= 11 is 0. The predicted octanol–water partition coefficient (Wildman–Crippen LogP) is 2.98. The third kappa shape index (κ3) is 5.01. The third-order valence-electron chi connectivity index (χ3n) is 7.61. The molecule has 1 aromatic heterocycles. The van der Waals surface area contributed by atoms with E-state index in [1.165, 1.54) is 30.1 Å². The lowest BCUT2D eigenvalue weighted by Crippen LogP contribution is -2.41. The Balaban J connectivity index is 1.51. The molecule has 0 radical (unpaired) electrons. The van der Waals surface area contributed by atoms with Gasteiger partial charge >= 0.3 is 10.2 Å². The minimum atomic E-state index is -4.02. The van der Waals surface area contributed by atoms with Crippen molar-refractivity contribution < 1.29 is 21.9 Å². The number of hydrogen-bond acceptors (Lipinski definition) is 8. The molecule has 1 atom stereocenters. The van der Waals surface area contributed by atoms with Crippen LogP contribution in [0.1, 0.15) is 37.8 Å². The van der Waals surface area contributed by atoms with Gasteiger partial charge in [-0.1, -0.05) is 6.92 Å². The molecule has 2 aliphatic rings. The normalized spacial score (nSPS) is 18.8. The summed E-state index contributed by atoms with van der Waals surface area (Å²) in [6.45, 7) is 3.72. The van der Waals surface area contributed by atoms with Crippen LogP contribution in [-0.4, -0.2) is 61.2 Å². The van der Waals surface area contributed by atoms with Crippen LogP contribution in [-0.2, 0) is 14.9 Å². The van der Waals surface area contributed by atoms with Gasteiger partial charge in [-0.2, -0.15) is 18.0 Å². The highest BCUT2D eigenvalue weighted by atomic mass is 32.2. The number of piperidine rings is 1. The van der Waals surface area contributed by atoms with Crippen molar-refractivity contribution in [3.05, 3.63) is 58.1 Å². The Morgan fingerprint density at radius 2 is 1.98 bits per heavy atom. The number of halogens is 2. The summed E-state index contributed by atoms with van der Waals surface area (Å²) in [5.41, 5.74) is -2.10. The van der Waals surface area contributed by atoms with Crippen LogP contribution >= 0.6 is 0 Å². The Morgan fingerprint density at radius 1 is 1.25 bits per heavy atom. The Kier molecular flexibility index (Phi) is 7.49. The lowest BCUT2D eigenvalue weighted by molar-refractivity contribution is -0.0196. The van der Waals surface area contributed by atoms with Gasteiger partial charge in [-0.05, 0) is 56.6 Å². The molecule has 2 aliphatic heterocycles. The van der Waals surface area contributed by atoms with Crippen LogP contribution in [0.4, 0.5) is 25.8 Å². The fourth-order valence-corrected chi connectivity index (χ4v) is 6.14. The van der Waals surface area contributed by atoms with Crippen molar-refractivity contribution in [2.24, 2.45) is 0 Å². The number of fused-ring (bicyclic) bond motifs is 1. The number of ether oxygens (including phenoxy) is 1. The van der Waals surface area contributed by atoms with E-state index in [1.807, 2.05) is 0 Å². The highest BCUT2D eigenvalue weighted by Crippen LogP contribution is 2.39. The first-order valence-electron chi connectivity index (χ1n) is 12.9. The Morgan fingerprint density at radius 3 is 2.67 bits per heavy atom. The number of nitrogens with zero attached hydrogens (tertiary/aromatic N) is 4. The fourth-order valence-electron chi connectivity index (χ4n) is 5.19. The van der Waals surface area contributed by atoms with E-state index in [0.29, 0.717) is 13.0 Å². The van der Waals surface area contributed by atoms with E-state index in [4.69, 9.17) is 4.74 Å². The molecule has 3 heterocycles. The van der Waals surface area contributed by atoms with E-state index in [9.17, 15) is 22.9 Å². The smallest absolute Gasteiger partial charge is 0.301 e. The molecule has 0 aliphatic carbocycles. The van der Waals surface area contributed by atoms with E-state index < -0.39 is 33.1 Å². The van der Waals surface area contributed by atoms with Crippen LogP contribution in [0.3, 0.4) is 0 Å². The molecular formula is C26H29F2N7O4S. The van der Waals surface area contributed by atoms with Gasteiger partial charge < -0.3 is 15.4 Å². The fraction of sp³-hybridized carbons (Fsp3) is 0.423. The van der Waals surface area contributed by atoms with E-state index >= 15 is 4.39 Å². The molecular weight excluding hydrogens is 544 g/mol. The first-order chi connectivity index (χ1) is 19.1. The number of anilines is 3. The Bertz CT molecular complexity index is 1670. The standard InChI is InChI=1S/C26H29F2N7O4S/c1-3-34(2)40(37,38)33-19-5-4-18(27)24(17(19)13-29)32-21-7-6-20-22(23(21)28)25(36)35(15-31-20)16-12-26(39-14-16)8-10-30-11-9-26/h4-7,15-16,30,32-33H,3,8-12,14H2,1-2H3. The second kappa shape index (κ2) is 10.7. The molecule has 2 fully saturated rings. The number of rotatable bonds is 7. The predicted molar refractivity (Wildman–Crippen MR) is 146 cm³/mol. The first-order valence-corrected chi connectivity index (χ1v) is 14.3. The molecule has 0 amide bonds. The lowest BCUT2D eigenvalue weighted by atomic mass is 9.88. The van der Waals surface area contributed by atoms with Crippen LogP contribution in [0.2, 0.25) is 0 Å². The largest absolute Gasteiger partial charge is 0.373 e. The average Bonchev–Trinajstić information content (AvgIpc) is 3.34. The molecule has 3 N–H and O–H groups in total. The molecule has 1 spiro atoms. The van der Waals surface area contributed by atoms with Crippen molar-refractivity contribution in [1.82, 2.24) is 19.2 Å². The van der Waals surface area contributed by atoms with Crippen molar-refractivity contribution in [1.29, 1.82) is 5.26 Å². The molecule has 212 valence electrons. The first kappa shape index (κ1) is 27.9. The Labute approximate surface area is 229 Å². The summed E-state index contributed by atoms with van der Waals surface area (Å²) in [6, 6.07) is 6.22. The summed E-state index contributed by atoms with van der Waals surface area (Å²) in [4.78, 5) is 17.8. The van der Waals surface area contributed by atoms with Crippen LogP contribution < -0.4 is 20.9 Å². The van der Waals surface area contributed by atoms with E-state index in [0.717, 1.165) is 42.4 Å². The van der Waals surface area contributed by atoms with Crippen molar-refractivity contribution in [2.45, 2.75) is 37.8 Å². The van der Waals surface area contributed by atoms with Crippen molar-refractivity contribution in [3.8, 4) is 6.07 Å². The van der Waals surface area contributed by atoms with Gasteiger partial charge in [0.15, 0.2) is 5.82 Å². The van der Waals surface area contributed by atoms with Gasteiger partial charge in [-0.3, -0.25) is 14.1 Å². The minimum Gasteiger partial charge on any atom is -0.373 e. The number of aromatic nitrogens is 2. The van der Waals surface area contributed by atoms with Crippen molar-refractivity contribution >= 4 is 38.2 Å². The van der Waals surface area contributed by atoms with Crippen LogP contribution in [0.5, 0.6) is 0 Å². The lowest BCUT2D eigenvalue weighted by Gasteiger charge is -2.32. The van der Waals surface area contributed by atoms with E-state index in [-0.39, 0.29) is 46.0 Å².